The predicted molar refractivity (Wildman–Crippen MR) is 190 cm³/mol. The molecule has 0 radical (unpaired) electrons. The molecule has 0 aliphatic carbocycles. The van der Waals surface area contributed by atoms with Crippen molar-refractivity contribution in [2.45, 2.75) is 57.9 Å². The van der Waals surface area contributed by atoms with Crippen molar-refractivity contribution < 1.29 is 19.0 Å². The maximum atomic E-state index is 13.8. The third-order valence-electron chi connectivity index (χ3n) is 8.42. The van der Waals surface area contributed by atoms with Crippen LogP contribution in [-0.4, -0.2) is 27.8 Å². The summed E-state index contributed by atoms with van der Waals surface area (Å²) >= 11 is 7.88. The van der Waals surface area contributed by atoms with Gasteiger partial charge in [0.25, 0.3) is 0 Å². The van der Waals surface area contributed by atoms with Crippen LogP contribution in [0, 0.1) is 20.8 Å². The van der Waals surface area contributed by atoms with Gasteiger partial charge in [0, 0.05) is 16.5 Å². The summed E-state index contributed by atoms with van der Waals surface area (Å²) in [6.07, 6.45) is 0. The number of esters is 1. The molecule has 0 fully saturated rings. The molecule has 0 bridgehead atoms. The zero-order valence-corrected chi connectivity index (χ0v) is 29.1. The van der Waals surface area contributed by atoms with Crippen LogP contribution in [0.1, 0.15) is 51.9 Å². The lowest BCUT2D eigenvalue weighted by Gasteiger charge is -2.28. The number of carbonyl (C=O) groups is 1. The molecule has 8 nitrogen and oxygen atoms in total. The van der Waals surface area contributed by atoms with Crippen molar-refractivity contribution in [2.75, 3.05) is 12.4 Å². The lowest BCUT2D eigenvalue weighted by Crippen LogP contribution is -2.29. The first-order valence-corrected chi connectivity index (χ1v) is 17.0. The van der Waals surface area contributed by atoms with Crippen molar-refractivity contribution in [3.63, 3.8) is 0 Å². The Morgan fingerprint density at radius 1 is 0.875 bits per heavy atom. The molecule has 1 unspecified atom stereocenters. The van der Waals surface area contributed by atoms with E-state index in [-0.39, 0.29) is 6.61 Å². The average molecular weight is 681 g/mol. The van der Waals surface area contributed by atoms with Gasteiger partial charge in [0.05, 0.1) is 12.7 Å². The molecule has 6 rings (SSSR count). The number of aromatic nitrogens is 3. The van der Waals surface area contributed by atoms with Crippen molar-refractivity contribution in [2.24, 2.45) is 0 Å². The first-order chi connectivity index (χ1) is 23.2. The summed E-state index contributed by atoms with van der Waals surface area (Å²) in [5.41, 5.74) is 8.45. The van der Waals surface area contributed by atoms with E-state index in [0.29, 0.717) is 51.3 Å². The van der Waals surface area contributed by atoms with Gasteiger partial charge in [-0.15, -0.1) is 5.10 Å². The number of aryl methyl sites for hydroxylation is 3. The minimum absolute atomic E-state index is 0.139. The quantitative estimate of drug-likeness (QED) is 0.109. The number of fused-ring (bicyclic) bond motifs is 1. The first kappa shape index (κ1) is 33.2. The largest absolute Gasteiger partial charge is 0.493 e. The number of ether oxygens (including phenoxy) is 3. The third-order valence-corrected chi connectivity index (χ3v) is 9.67. The molecule has 48 heavy (non-hydrogen) atoms. The van der Waals surface area contributed by atoms with Crippen LogP contribution in [0.4, 0.5) is 5.95 Å². The van der Waals surface area contributed by atoms with Crippen molar-refractivity contribution in [1.82, 2.24) is 14.8 Å². The molecule has 0 amide bonds. The van der Waals surface area contributed by atoms with Gasteiger partial charge in [-0.25, -0.2) is 9.48 Å². The van der Waals surface area contributed by atoms with Crippen LogP contribution in [0.3, 0.4) is 0 Å². The van der Waals surface area contributed by atoms with Gasteiger partial charge >= 0.3 is 5.97 Å². The molecule has 1 aliphatic rings. The van der Waals surface area contributed by atoms with Crippen LogP contribution < -0.4 is 14.8 Å². The van der Waals surface area contributed by atoms with E-state index in [1.165, 1.54) is 28.5 Å². The number of rotatable bonds is 11. The number of halogens is 1. The second kappa shape index (κ2) is 14.6. The fourth-order valence-electron chi connectivity index (χ4n) is 5.63. The number of hydrogen-bond acceptors (Lipinski definition) is 8. The summed E-state index contributed by atoms with van der Waals surface area (Å²) in [6.45, 7) is 8.68. The van der Waals surface area contributed by atoms with Gasteiger partial charge < -0.3 is 19.5 Å². The molecule has 0 spiro atoms. The first-order valence-electron chi connectivity index (χ1n) is 15.6. The molecule has 2 heterocycles. The molecule has 0 saturated heterocycles. The highest BCUT2D eigenvalue weighted by Crippen LogP contribution is 2.40. The van der Waals surface area contributed by atoms with Gasteiger partial charge in [-0.2, -0.15) is 4.98 Å². The van der Waals surface area contributed by atoms with E-state index in [9.17, 15) is 4.79 Å². The number of hydrogen-bond donors (Lipinski definition) is 1. The number of nitrogens with one attached hydrogen (secondary N) is 1. The van der Waals surface area contributed by atoms with E-state index in [4.69, 9.17) is 35.9 Å². The summed E-state index contributed by atoms with van der Waals surface area (Å²) in [5.74, 6) is 1.79. The highest BCUT2D eigenvalue weighted by atomic mass is 35.5. The summed E-state index contributed by atoms with van der Waals surface area (Å²) in [7, 11) is 1.61. The maximum Gasteiger partial charge on any atom is 0.338 e. The topological polar surface area (TPSA) is 87.5 Å². The zero-order chi connectivity index (χ0) is 33.8. The molecule has 1 aliphatic heterocycles. The highest BCUT2D eigenvalue weighted by molar-refractivity contribution is 7.98. The van der Waals surface area contributed by atoms with Gasteiger partial charge in [-0.1, -0.05) is 90.1 Å². The third kappa shape index (κ3) is 7.22. The summed E-state index contributed by atoms with van der Waals surface area (Å²) in [5, 5.41) is 9.38. The molecular formula is C38H37ClN4O4S. The number of methoxy groups -OCH3 is 1. The van der Waals surface area contributed by atoms with E-state index in [1.54, 1.807) is 11.8 Å². The van der Waals surface area contributed by atoms with E-state index in [0.717, 1.165) is 22.3 Å². The molecule has 1 N–H and O–H groups in total. The van der Waals surface area contributed by atoms with Crippen LogP contribution in [-0.2, 0) is 28.5 Å². The molecule has 10 heteroatoms. The van der Waals surface area contributed by atoms with E-state index in [2.05, 4.69) is 38.2 Å². The molecule has 1 atom stereocenters. The Balaban J connectivity index is 1.32. The Hall–Kier alpha value is -4.73. The normalized spacial score (nSPS) is 13.9. The molecule has 1 aromatic heterocycles. The number of thioether (sulfide) groups is 1. The lowest BCUT2D eigenvalue weighted by atomic mass is 9.95. The van der Waals surface area contributed by atoms with Crippen molar-refractivity contribution >= 4 is 35.3 Å². The second-order valence-corrected chi connectivity index (χ2v) is 13.1. The van der Waals surface area contributed by atoms with E-state index >= 15 is 0 Å². The van der Waals surface area contributed by atoms with Gasteiger partial charge in [0.1, 0.15) is 19.3 Å². The average Bonchev–Trinajstić information content (AvgIpc) is 3.50. The Labute approximate surface area is 290 Å². The van der Waals surface area contributed by atoms with Crippen LogP contribution in [0.2, 0.25) is 5.02 Å². The molecule has 0 saturated carbocycles. The summed E-state index contributed by atoms with van der Waals surface area (Å²) in [4.78, 5) is 18.6. The monoisotopic (exact) mass is 680 g/mol. The zero-order valence-electron chi connectivity index (χ0n) is 27.5. The minimum atomic E-state index is -0.642. The van der Waals surface area contributed by atoms with Gasteiger partial charge in [-0.05, 0) is 84.8 Å². The van der Waals surface area contributed by atoms with E-state index in [1.807, 2.05) is 79.7 Å². The van der Waals surface area contributed by atoms with Crippen molar-refractivity contribution in [3.8, 4) is 11.5 Å². The number of nitrogens with zero attached hydrogens (tertiary/aromatic N) is 3. The molecule has 246 valence electrons. The van der Waals surface area contributed by atoms with Crippen LogP contribution in [0.5, 0.6) is 11.5 Å². The summed E-state index contributed by atoms with van der Waals surface area (Å²) < 4.78 is 19.7. The fraction of sp³-hybridized carbons (Fsp3) is 0.237. The SMILES string of the molecule is COc1cc(C2C(C(=O)OCc3ccccc3)=C(C)Nc3nc(SCc4ccccc4Cl)nn32)ccc1OCc1cc(C)c(C)cc1C. The summed E-state index contributed by atoms with van der Waals surface area (Å²) in [6, 6.07) is 26.7. The number of allylic oxidation sites excluding steroid dienone is 1. The van der Waals surface area contributed by atoms with Crippen LogP contribution >= 0.6 is 23.4 Å². The highest BCUT2D eigenvalue weighted by Gasteiger charge is 2.36. The Bertz CT molecular complexity index is 1990. The number of carbonyl (C=O) groups excluding carboxylic acids is 1. The lowest BCUT2D eigenvalue weighted by molar-refractivity contribution is -0.140. The minimum Gasteiger partial charge on any atom is -0.493 e. The second-order valence-electron chi connectivity index (χ2n) is 11.7. The van der Waals surface area contributed by atoms with Gasteiger partial charge in [0.2, 0.25) is 11.1 Å². The number of benzene rings is 4. The molecule has 4 aromatic carbocycles. The maximum absolute atomic E-state index is 13.8. The van der Waals surface area contributed by atoms with Crippen LogP contribution in [0.15, 0.2) is 101 Å². The molecule has 5 aromatic rings. The van der Waals surface area contributed by atoms with Crippen molar-refractivity contribution in [1.29, 1.82) is 0 Å². The van der Waals surface area contributed by atoms with Gasteiger partial charge in [-0.3, -0.25) is 0 Å². The van der Waals surface area contributed by atoms with Gasteiger partial charge in [0.15, 0.2) is 11.5 Å². The molecular weight excluding hydrogens is 644 g/mol. The fourth-order valence-corrected chi connectivity index (χ4v) is 6.74. The number of anilines is 1. The predicted octanol–water partition coefficient (Wildman–Crippen LogP) is 8.77. The standard InChI is InChI=1S/C38H37ClN4O4S/c1-23-17-25(3)30(18-24(23)2)21-46-32-16-15-28(19-33(32)45-5)35-34(36(44)47-20-27-11-7-6-8-12-27)26(4)40-37-41-38(42-43(35)37)48-22-29-13-9-10-14-31(29)39/h6-19,35H,20-22H2,1-5H3,(H,40,41,42). The Morgan fingerprint density at radius 2 is 1.62 bits per heavy atom. The van der Waals surface area contributed by atoms with E-state index < -0.39 is 12.0 Å². The Kier molecular flexibility index (Phi) is 10.1. The smallest absolute Gasteiger partial charge is 0.338 e. The van der Waals surface area contributed by atoms with Crippen LogP contribution in [0.25, 0.3) is 0 Å². The van der Waals surface area contributed by atoms with Crippen molar-refractivity contribution in [3.05, 3.63) is 140 Å². The Morgan fingerprint density at radius 3 is 2.40 bits per heavy atom.